The van der Waals surface area contributed by atoms with Crippen LogP contribution in [0.2, 0.25) is 0 Å². The molecule has 0 saturated heterocycles. The molecule has 2 heterocycles. The average molecular weight is 327 g/mol. The summed E-state index contributed by atoms with van der Waals surface area (Å²) in [6, 6.07) is 10.0. The lowest BCUT2D eigenvalue weighted by Gasteiger charge is -2.17. The second kappa shape index (κ2) is 7.27. The zero-order chi connectivity index (χ0) is 16.9. The zero-order valence-electron chi connectivity index (χ0n) is 14.1. The third kappa shape index (κ3) is 3.46. The van der Waals surface area contributed by atoms with E-state index in [9.17, 15) is 0 Å². The third-order valence-corrected chi connectivity index (χ3v) is 3.63. The number of nitrogens with zero attached hydrogens (tertiary/aromatic N) is 4. The predicted molar refractivity (Wildman–Crippen MR) is 91.1 cm³/mol. The summed E-state index contributed by atoms with van der Waals surface area (Å²) in [5.74, 6) is 2.23. The van der Waals surface area contributed by atoms with E-state index in [0.717, 1.165) is 22.8 Å². The molecule has 0 amide bonds. The Labute approximate surface area is 140 Å². The summed E-state index contributed by atoms with van der Waals surface area (Å²) in [4.78, 5) is 8.57. The molecule has 2 aromatic heterocycles. The van der Waals surface area contributed by atoms with Gasteiger partial charge in [-0.05, 0) is 31.5 Å². The normalized spacial score (nSPS) is 12.3. The molecule has 0 aliphatic carbocycles. The fourth-order valence-corrected chi connectivity index (χ4v) is 2.53. The number of rotatable bonds is 7. The molecule has 126 valence electrons. The first-order chi connectivity index (χ1) is 11.7. The van der Waals surface area contributed by atoms with Gasteiger partial charge in [0.25, 0.3) is 5.78 Å². The third-order valence-electron chi connectivity index (χ3n) is 3.63. The number of hydrogen-bond donors (Lipinski definition) is 1. The van der Waals surface area contributed by atoms with Crippen molar-refractivity contribution in [2.24, 2.45) is 0 Å². The van der Waals surface area contributed by atoms with E-state index in [2.05, 4.69) is 33.4 Å². The van der Waals surface area contributed by atoms with Gasteiger partial charge in [-0.25, -0.2) is 4.98 Å². The van der Waals surface area contributed by atoms with Crippen LogP contribution in [0.5, 0.6) is 5.75 Å². The van der Waals surface area contributed by atoms with Gasteiger partial charge in [0.05, 0.1) is 24.9 Å². The summed E-state index contributed by atoms with van der Waals surface area (Å²) in [7, 11) is 1.64. The monoisotopic (exact) mass is 327 g/mol. The van der Waals surface area contributed by atoms with Crippen LogP contribution in [0.25, 0.3) is 5.78 Å². The lowest BCUT2D eigenvalue weighted by atomic mass is 10.1. The Bertz CT molecular complexity index is 818. The number of anilines is 1. The molecule has 3 aromatic rings. The van der Waals surface area contributed by atoms with Crippen molar-refractivity contribution in [3.05, 3.63) is 47.9 Å². The Morgan fingerprint density at radius 2 is 2.17 bits per heavy atom. The van der Waals surface area contributed by atoms with E-state index < -0.39 is 0 Å². The smallest absolute Gasteiger partial charge is 0.254 e. The van der Waals surface area contributed by atoms with Gasteiger partial charge in [0.15, 0.2) is 0 Å². The highest BCUT2D eigenvalue weighted by atomic mass is 16.5. The topological polar surface area (TPSA) is 73.6 Å². The van der Waals surface area contributed by atoms with Crippen LogP contribution < -0.4 is 10.1 Å². The van der Waals surface area contributed by atoms with Crippen molar-refractivity contribution in [3.8, 4) is 5.75 Å². The van der Waals surface area contributed by atoms with Crippen molar-refractivity contribution in [2.45, 2.75) is 26.5 Å². The highest BCUT2D eigenvalue weighted by Crippen LogP contribution is 2.23. The van der Waals surface area contributed by atoms with Crippen LogP contribution in [-0.4, -0.2) is 33.3 Å². The quantitative estimate of drug-likeness (QED) is 0.719. The van der Waals surface area contributed by atoms with Crippen molar-refractivity contribution >= 4 is 11.6 Å². The average Bonchev–Trinajstić information content (AvgIpc) is 3.04. The summed E-state index contributed by atoms with van der Waals surface area (Å²) in [5.41, 5.74) is 1.93. The summed E-state index contributed by atoms with van der Waals surface area (Å²) < 4.78 is 12.4. The molecule has 0 aliphatic rings. The predicted octanol–water partition coefficient (Wildman–Crippen LogP) is 2.84. The molecule has 7 heteroatoms. The standard InChI is InChI=1S/C17H21N5O2/c1-4-24-15-7-5-6-13(8-15)12(2)20-16-9-14(10-23-3)21-17-18-11-19-22(16)17/h5-9,11-12,20H,4,10H2,1-3H3. The second-order valence-electron chi connectivity index (χ2n) is 5.41. The van der Waals surface area contributed by atoms with Crippen molar-refractivity contribution in [3.63, 3.8) is 0 Å². The minimum atomic E-state index is 0.0654. The molecule has 0 bridgehead atoms. The van der Waals surface area contributed by atoms with Gasteiger partial charge >= 0.3 is 0 Å². The first-order valence-corrected chi connectivity index (χ1v) is 7.89. The first kappa shape index (κ1) is 16.2. The molecular weight excluding hydrogens is 306 g/mol. The SMILES string of the molecule is CCOc1cccc(C(C)Nc2cc(COC)nc3ncnn23)c1. The van der Waals surface area contributed by atoms with E-state index in [0.29, 0.717) is 19.0 Å². The Morgan fingerprint density at radius 3 is 2.96 bits per heavy atom. The second-order valence-corrected chi connectivity index (χ2v) is 5.41. The molecule has 0 radical (unpaired) electrons. The number of methoxy groups -OCH3 is 1. The van der Waals surface area contributed by atoms with Gasteiger partial charge in [-0.1, -0.05) is 12.1 Å². The van der Waals surface area contributed by atoms with Crippen LogP contribution >= 0.6 is 0 Å². The van der Waals surface area contributed by atoms with Crippen LogP contribution in [0.3, 0.4) is 0 Å². The van der Waals surface area contributed by atoms with Gasteiger partial charge in [-0.2, -0.15) is 14.6 Å². The van der Waals surface area contributed by atoms with E-state index in [1.807, 2.05) is 31.2 Å². The summed E-state index contributed by atoms with van der Waals surface area (Å²) >= 11 is 0. The highest BCUT2D eigenvalue weighted by molar-refractivity contribution is 5.47. The molecule has 3 rings (SSSR count). The van der Waals surface area contributed by atoms with E-state index in [1.165, 1.54) is 6.33 Å². The molecule has 1 atom stereocenters. The zero-order valence-corrected chi connectivity index (χ0v) is 14.1. The number of ether oxygens (including phenoxy) is 2. The van der Waals surface area contributed by atoms with Crippen LogP contribution in [0, 0.1) is 0 Å². The van der Waals surface area contributed by atoms with E-state index in [-0.39, 0.29) is 6.04 Å². The molecule has 24 heavy (non-hydrogen) atoms. The maximum absolute atomic E-state index is 5.57. The summed E-state index contributed by atoms with van der Waals surface area (Å²) in [6.07, 6.45) is 1.49. The van der Waals surface area contributed by atoms with Gasteiger partial charge in [0, 0.05) is 13.2 Å². The molecule has 1 aromatic carbocycles. The van der Waals surface area contributed by atoms with Gasteiger partial charge in [-0.15, -0.1) is 0 Å². The fourth-order valence-electron chi connectivity index (χ4n) is 2.53. The van der Waals surface area contributed by atoms with E-state index in [4.69, 9.17) is 9.47 Å². The maximum atomic E-state index is 5.57. The number of hydrogen-bond acceptors (Lipinski definition) is 6. The van der Waals surface area contributed by atoms with Gasteiger partial charge < -0.3 is 14.8 Å². The fraction of sp³-hybridized carbons (Fsp3) is 0.353. The Hall–Kier alpha value is -2.67. The summed E-state index contributed by atoms with van der Waals surface area (Å²) in [6.45, 7) is 5.14. The molecule has 7 nitrogen and oxygen atoms in total. The molecular formula is C17H21N5O2. The number of benzene rings is 1. The number of nitrogens with one attached hydrogen (secondary N) is 1. The van der Waals surface area contributed by atoms with Gasteiger partial charge in [0.1, 0.15) is 17.9 Å². The lowest BCUT2D eigenvalue weighted by Crippen LogP contribution is -2.12. The van der Waals surface area contributed by atoms with E-state index in [1.54, 1.807) is 11.6 Å². The Kier molecular flexibility index (Phi) is 4.90. The lowest BCUT2D eigenvalue weighted by molar-refractivity contribution is 0.181. The molecule has 1 N–H and O–H groups in total. The van der Waals surface area contributed by atoms with Crippen LogP contribution in [0.15, 0.2) is 36.7 Å². The van der Waals surface area contributed by atoms with Crippen molar-refractivity contribution in [1.29, 1.82) is 0 Å². The molecule has 0 saturated carbocycles. The Morgan fingerprint density at radius 1 is 1.29 bits per heavy atom. The van der Waals surface area contributed by atoms with Crippen molar-refractivity contribution in [2.75, 3.05) is 19.0 Å². The van der Waals surface area contributed by atoms with Crippen molar-refractivity contribution < 1.29 is 9.47 Å². The maximum Gasteiger partial charge on any atom is 0.254 e. The Balaban J connectivity index is 1.88. The first-order valence-electron chi connectivity index (χ1n) is 7.89. The van der Waals surface area contributed by atoms with Crippen LogP contribution in [0.4, 0.5) is 5.82 Å². The van der Waals surface area contributed by atoms with Crippen LogP contribution in [-0.2, 0) is 11.3 Å². The van der Waals surface area contributed by atoms with Crippen LogP contribution in [0.1, 0.15) is 31.1 Å². The molecule has 0 fully saturated rings. The molecule has 1 unspecified atom stereocenters. The van der Waals surface area contributed by atoms with Gasteiger partial charge in [0.2, 0.25) is 0 Å². The van der Waals surface area contributed by atoms with E-state index >= 15 is 0 Å². The highest BCUT2D eigenvalue weighted by Gasteiger charge is 2.12. The van der Waals surface area contributed by atoms with Crippen molar-refractivity contribution in [1.82, 2.24) is 19.6 Å². The minimum Gasteiger partial charge on any atom is -0.494 e. The summed E-state index contributed by atoms with van der Waals surface area (Å²) in [5, 5.41) is 7.69. The number of fused-ring (bicyclic) bond motifs is 1. The molecule has 0 spiro atoms. The largest absolute Gasteiger partial charge is 0.494 e. The van der Waals surface area contributed by atoms with Gasteiger partial charge in [-0.3, -0.25) is 0 Å². The minimum absolute atomic E-state index is 0.0654. The molecule has 0 aliphatic heterocycles. The number of aromatic nitrogens is 4.